The van der Waals surface area contributed by atoms with E-state index in [4.69, 9.17) is 11.6 Å². The summed E-state index contributed by atoms with van der Waals surface area (Å²) < 4.78 is 0.970. The molecule has 0 radical (unpaired) electrons. The van der Waals surface area contributed by atoms with Crippen LogP contribution in [0.1, 0.15) is 0 Å². The van der Waals surface area contributed by atoms with E-state index in [-0.39, 0.29) is 28.8 Å². The van der Waals surface area contributed by atoms with Crippen LogP contribution in [0.5, 0.6) is 0 Å². The summed E-state index contributed by atoms with van der Waals surface area (Å²) >= 11 is 10.5. The average molecular weight is 468 g/mol. The fraction of sp³-hybridized carbons (Fsp3) is 0.0588. The van der Waals surface area contributed by atoms with Crippen LogP contribution in [0.2, 0.25) is 5.02 Å². The molecule has 2 aromatic carbocycles. The molecule has 7 nitrogen and oxygen atoms in total. The number of hydrogen-bond donors (Lipinski definition) is 2. The number of carbonyl (C=O) groups is 1. The molecule has 0 aliphatic carbocycles. The Bertz CT molecular complexity index is 994. The summed E-state index contributed by atoms with van der Waals surface area (Å²) in [5.41, 5.74) is 1.71. The van der Waals surface area contributed by atoms with Crippen LogP contribution in [0.4, 0.5) is 16.5 Å². The minimum absolute atomic E-state index is 0.143. The van der Waals surface area contributed by atoms with Gasteiger partial charge in [-0.3, -0.25) is 14.9 Å². The lowest BCUT2D eigenvalue weighted by molar-refractivity contribution is -0.383. The molecule has 1 heterocycles. The number of halogens is 2. The molecule has 0 atom stereocenters. The fourth-order valence-electron chi connectivity index (χ4n) is 2.23. The SMILES string of the molecule is O=C(CNc1ccc(Cl)cc1[N+](=O)[O-])Nc1nc(-c2ccc(Br)cc2)cs1. The first kappa shape index (κ1) is 19.3. The number of aromatic nitrogens is 1. The Balaban J connectivity index is 1.62. The van der Waals surface area contributed by atoms with Gasteiger partial charge in [0.05, 0.1) is 17.2 Å². The number of hydrogen-bond acceptors (Lipinski definition) is 6. The van der Waals surface area contributed by atoms with E-state index in [0.717, 1.165) is 15.7 Å². The Morgan fingerprint density at radius 1 is 1.26 bits per heavy atom. The minimum Gasteiger partial charge on any atom is -0.371 e. The highest BCUT2D eigenvalue weighted by Crippen LogP contribution is 2.28. The van der Waals surface area contributed by atoms with Crippen LogP contribution in [0.3, 0.4) is 0 Å². The molecule has 0 unspecified atom stereocenters. The second kappa shape index (κ2) is 8.47. The number of anilines is 2. The summed E-state index contributed by atoms with van der Waals surface area (Å²) in [6.45, 7) is -0.143. The lowest BCUT2D eigenvalue weighted by Crippen LogP contribution is -2.22. The molecule has 0 saturated carbocycles. The molecule has 3 rings (SSSR count). The van der Waals surface area contributed by atoms with Gasteiger partial charge in [-0.05, 0) is 24.3 Å². The van der Waals surface area contributed by atoms with Gasteiger partial charge in [-0.2, -0.15) is 0 Å². The molecule has 3 aromatic rings. The van der Waals surface area contributed by atoms with E-state index < -0.39 is 4.92 Å². The Morgan fingerprint density at radius 2 is 2.00 bits per heavy atom. The fourth-order valence-corrected chi connectivity index (χ4v) is 3.40. The smallest absolute Gasteiger partial charge is 0.293 e. The van der Waals surface area contributed by atoms with Crippen LogP contribution in [0.25, 0.3) is 11.3 Å². The molecule has 27 heavy (non-hydrogen) atoms. The van der Waals surface area contributed by atoms with E-state index in [1.54, 1.807) is 0 Å². The molecular weight excluding hydrogens is 456 g/mol. The summed E-state index contributed by atoms with van der Waals surface area (Å²) in [5.74, 6) is -0.365. The highest BCUT2D eigenvalue weighted by molar-refractivity contribution is 9.10. The highest BCUT2D eigenvalue weighted by atomic mass is 79.9. The summed E-state index contributed by atoms with van der Waals surface area (Å²) in [6.07, 6.45) is 0. The number of nitro benzene ring substituents is 1. The number of benzene rings is 2. The van der Waals surface area contributed by atoms with Gasteiger partial charge in [0.2, 0.25) is 5.91 Å². The van der Waals surface area contributed by atoms with Gasteiger partial charge in [0.25, 0.3) is 5.69 Å². The summed E-state index contributed by atoms with van der Waals surface area (Å²) in [4.78, 5) is 27.0. The molecule has 0 aliphatic heterocycles. The lowest BCUT2D eigenvalue weighted by Gasteiger charge is -2.07. The predicted octanol–water partition coefficient (Wildman–Crippen LogP) is 5.18. The van der Waals surface area contributed by atoms with Gasteiger partial charge in [-0.15, -0.1) is 11.3 Å². The average Bonchev–Trinajstić information content (AvgIpc) is 3.09. The second-order valence-corrected chi connectivity index (χ2v) is 7.58. The highest BCUT2D eigenvalue weighted by Gasteiger charge is 2.15. The van der Waals surface area contributed by atoms with Crippen molar-refractivity contribution < 1.29 is 9.72 Å². The largest absolute Gasteiger partial charge is 0.371 e. The Hall–Kier alpha value is -2.49. The zero-order valence-electron chi connectivity index (χ0n) is 13.6. The van der Waals surface area contributed by atoms with Gasteiger partial charge in [0.1, 0.15) is 5.69 Å². The van der Waals surface area contributed by atoms with Gasteiger partial charge in [-0.25, -0.2) is 4.98 Å². The van der Waals surface area contributed by atoms with Crippen LogP contribution in [0.15, 0.2) is 52.3 Å². The first-order valence-corrected chi connectivity index (χ1v) is 9.66. The van der Waals surface area contributed by atoms with Crippen molar-refractivity contribution in [1.29, 1.82) is 0 Å². The van der Waals surface area contributed by atoms with Crippen molar-refractivity contribution in [2.75, 3.05) is 17.2 Å². The third kappa shape index (κ3) is 5.03. The molecule has 0 bridgehead atoms. The zero-order valence-corrected chi connectivity index (χ0v) is 16.8. The zero-order chi connectivity index (χ0) is 19.4. The molecule has 1 aromatic heterocycles. The molecule has 0 spiro atoms. The van der Waals surface area contributed by atoms with E-state index in [0.29, 0.717) is 5.13 Å². The van der Waals surface area contributed by atoms with E-state index in [2.05, 4.69) is 31.5 Å². The van der Waals surface area contributed by atoms with Crippen molar-refractivity contribution in [3.05, 3.63) is 67.5 Å². The van der Waals surface area contributed by atoms with Crippen LogP contribution < -0.4 is 10.6 Å². The normalized spacial score (nSPS) is 10.4. The van der Waals surface area contributed by atoms with Gasteiger partial charge in [0.15, 0.2) is 5.13 Å². The number of rotatable bonds is 6. The van der Waals surface area contributed by atoms with Crippen molar-refractivity contribution >= 4 is 61.3 Å². The second-order valence-electron chi connectivity index (χ2n) is 5.37. The van der Waals surface area contributed by atoms with E-state index in [1.165, 1.54) is 29.5 Å². The number of carbonyl (C=O) groups excluding carboxylic acids is 1. The first-order valence-electron chi connectivity index (χ1n) is 7.61. The van der Waals surface area contributed by atoms with E-state index in [9.17, 15) is 14.9 Å². The van der Waals surface area contributed by atoms with Crippen molar-refractivity contribution in [3.63, 3.8) is 0 Å². The van der Waals surface area contributed by atoms with Crippen LogP contribution in [-0.4, -0.2) is 22.4 Å². The standard InChI is InChI=1S/C17H12BrClN4O3S/c18-11-3-1-10(2-4-11)14-9-27-17(21-14)22-16(24)8-20-13-6-5-12(19)7-15(13)23(25)26/h1-7,9,20H,8H2,(H,21,22,24). The Labute approximate surface area is 171 Å². The molecule has 138 valence electrons. The number of nitrogens with zero attached hydrogens (tertiary/aromatic N) is 2. The summed E-state index contributed by atoms with van der Waals surface area (Å²) in [7, 11) is 0. The topological polar surface area (TPSA) is 97.2 Å². The number of nitro groups is 1. The Kier molecular flexibility index (Phi) is 6.04. The summed E-state index contributed by atoms with van der Waals surface area (Å²) in [5, 5.41) is 19.0. The van der Waals surface area contributed by atoms with Crippen molar-refractivity contribution in [3.8, 4) is 11.3 Å². The van der Waals surface area contributed by atoms with Crippen LogP contribution in [-0.2, 0) is 4.79 Å². The monoisotopic (exact) mass is 466 g/mol. The van der Waals surface area contributed by atoms with Gasteiger partial charge in [-0.1, -0.05) is 39.7 Å². The van der Waals surface area contributed by atoms with Gasteiger partial charge < -0.3 is 10.6 Å². The third-order valence-corrected chi connectivity index (χ3v) is 5.01. The van der Waals surface area contributed by atoms with Crippen LogP contribution in [0, 0.1) is 10.1 Å². The first-order chi connectivity index (χ1) is 12.9. The van der Waals surface area contributed by atoms with Crippen molar-refractivity contribution in [1.82, 2.24) is 4.98 Å². The van der Waals surface area contributed by atoms with Gasteiger partial charge in [0, 0.05) is 26.5 Å². The van der Waals surface area contributed by atoms with Crippen molar-refractivity contribution in [2.45, 2.75) is 0 Å². The quantitative estimate of drug-likeness (QED) is 0.384. The summed E-state index contributed by atoms with van der Waals surface area (Å²) in [6, 6.07) is 11.9. The van der Waals surface area contributed by atoms with Gasteiger partial charge >= 0.3 is 0 Å². The van der Waals surface area contributed by atoms with E-state index >= 15 is 0 Å². The maximum Gasteiger partial charge on any atom is 0.293 e. The van der Waals surface area contributed by atoms with E-state index in [1.807, 2.05) is 29.6 Å². The van der Waals surface area contributed by atoms with Crippen LogP contribution >= 0.6 is 38.9 Å². The molecular formula is C17H12BrClN4O3S. The number of amides is 1. The molecule has 0 saturated heterocycles. The Morgan fingerprint density at radius 3 is 2.70 bits per heavy atom. The maximum atomic E-state index is 12.1. The molecule has 0 aliphatic rings. The third-order valence-electron chi connectivity index (χ3n) is 3.49. The molecule has 0 fully saturated rings. The maximum absolute atomic E-state index is 12.1. The number of thiazole rings is 1. The molecule has 10 heteroatoms. The predicted molar refractivity (Wildman–Crippen MR) is 110 cm³/mol. The molecule has 2 N–H and O–H groups in total. The molecule has 1 amide bonds. The minimum atomic E-state index is -0.558. The van der Waals surface area contributed by atoms with Crippen molar-refractivity contribution in [2.24, 2.45) is 0 Å². The number of nitrogens with one attached hydrogen (secondary N) is 2. The lowest BCUT2D eigenvalue weighted by atomic mass is 10.2.